The molecule has 1 saturated carbocycles. The van der Waals surface area contributed by atoms with Gasteiger partial charge in [-0.25, -0.2) is 8.42 Å². The molecule has 0 unspecified atom stereocenters. The fourth-order valence-electron chi connectivity index (χ4n) is 3.54. The zero-order valence-electron chi connectivity index (χ0n) is 18.1. The average molecular weight is 466 g/mol. The molecule has 0 aromatic heterocycles. The predicted octanol–water partition coefficient (Wildman–Crippen LogP) is 1.74. The molecule has 176 valence electrons. The third-order valence-corrected chi connectivity index (χ3v) is 5.68. The molecule has 32 heavy (non-hydrogen) atoms. The maximum absolute atomic E-state index is 12.3. The summed E-state index contributed by atoms with van der Waals surface area (Å²) in [5.74, 6) is -0.700. The average Bonchev–Trinajstić information content (AvgIpc) is 2.99. The van der Waals surface area contributed by atoms with Crippen molar-refractivity contribution in [3.63, 3.8) is 0 Å². The number of allylic oxidation sites excluding steroid dienone is 2. The maximum Gasteiger partial charge on any atom is 0.233 e. The van der Waals surface area contributed by atoms with Gasteiger partial charge in [0.15, 0.2) is 0 Å². The molecule has 1 fully saturated rings. The van der Waals surface area contributed by atoms with Crippen LogP contribution in [-0.2, 0) is 19.6 Å². The molecule has 1 aliphatic rings. The Kier molecular flexibility index (Phi) is 10.1. The number of Topliss-reactive ketones (excluding diaryl/α,β-unsaturated/α-hetero) is 1. The molecule has 1 amide bonds. The number of rotatable bonds is 12. The number of carbonyl (C=O) groups is 2. The lowest BCUT2D eigenvalue weighted by Crippen LogP contribution is -2.28. The van der Waals surface area contributed by atoms with Crippen LogP contribution in [0.3, 0.4) is 0 Å². The van der Waals surface area contributed by atoms with E-state index < -0.39 is 28.1 Å². The van der Waals surface area contributed by atoms with Gasteiger partial charge < -0.3 is 14.9 Å². The molecule has 1 aliphatic carbocycles. The molecule has 0 saturated heterocycles. The first kappa shape index (κ1) is 25.8. The minimum atomic E-state index is -3.54. The van der Waals surface area contributed by atoms with Crippen molar-refractivity contribution in [3.8, 4) is 5.75 Å². The smallest absolute Gasteiger partial charge is 0.233 e. The minimum absolute atomic E-state index is 0.0284. The second-order valence-corrected chi connectivity index (χ2v) is 9.64. The number of ether oxygens (including phenoxy) is 1. The van der Waals surface area contributed by atoms with Crippen LogP contribution < -0.4 is 9.46 Å². The second kappa shape index (κ2) is 12.5. The van der Waals surface area contributed by atoms with Gasteiger partial charge in [-0.1, -0.05) is 42.5 Å². The Morgan fingerprint density at radius 1 is 1.28 bits per heavy atom. The Bertz CT molecular complexity index is 912. The number of aliphatic hydroxyl groups excluding tert-OH is 2. The molecule has 2 rings (SSSR count). The number of hydrogen-bond acceptors (Lipinski definition) is 7. The van der Waals surface area contributed by atoms with Crippen LogP contribution in [0, 0.1) is 11.8 Å². The van der Waals surface area contributed by atoms with Gasteiger partial charge in [-0.15, -0.1) is 0 Å². The summed E-state index contributed by atoms with van der Waals surface area (Å²) in [7, 11) is -3.54. The van der Waals surface area contributed by atoms with Crippen molar-refractivity contribution in [3.05, 3.63) is 54.6 Å². The molecule has 0 spiro atoms. The van der Waals surface area contributed by atoms with Crippen molar-refractivity contribution in [2.24, 2.45) is 11.8 Å². The number of ketones is 1. The van der Waals surface area contributed by atoms with E-state index in [-0.39, 0.29) is 37.1 Å². The number of nitrogens with one attached hydrogen (secondary N) is 1. The van der Waals surface area contributed by atoms with Crippen molar-refractivity contribution >= 4 is 21.7 Å². The zero-order valence-corrected chi connectivity index (χ0v) is 18.9. The topological polar surface area (TPSA) is 130 Å². The van der Waals surface area contributed by atoms with E-state index in [1.807, 2.05) is 35.1 Å². The number of benzene rings is 1. The highest BCUT2D eigenvalue weighted by atomic mass is 32.2. The fourth-order valence-corrected chi connectivity index (χ4v) is 4.05. The first-order chi connectivity index (χ1) is 15.2. The highest BCUT2D eigenvalue weighted by Gasteiger charge is 2.39. The Morgan fingerprint density at radius 3 is 2.69 bits per heavy atom. The molecular weight excluding hydrogens is 434 g/mol. The maximum atomic E-state index is 12.3. The van der Waals surface area contributed by atoms with Crippen LogP contribution in [0.5, 0.6) is 5.75 Å². The van der Waals surface area contributed by atoms with Gasteiger partial charge in [0.1, 0.15) is 24.2 Å². The second-order valence-electron chi connectivity index (χ2n) is 7.89. The minimum Gasteiger partial charge on any atom is -0.491 e. The van der Waals surface area contributed by atoms with E-state index in [9.17, 15) is 28.2 Å². The van der Waals surface area contributed by atoms with Gasteiger partial charge in [0.25, 0.3) is 0 Å². The molecule has 3 N–H and O–H groups in total. The van der Waals surface area contributed by atoms with Gasteiger partial charge in [-0.2, -0.15) is 0 Å². The van der Waals surface area contributed by atoms with E-state index >= 15 is 0 Å². The predicted molar refractivity (Wildman–Crippen MR) is 120 cm³/mol. The monoisotopic (exact) mass is 465 g/mol. The van der Waals surface area contributed by atoms with Crippen LogP contribution in [0.15, 0.2) is 54.6 Å². The molecular formula is C23H31NO7S. The first-order valence-corrected chi connectivity index (χ1v) is 12.5. The van der Waals surface area contributed by atoms with Crippen molar-refractivity contribution in [2.45, 2.75) is 44.3 Å². The number of unbranched alkanes of at least 4 members (excludes halogenated alkanes) is 1. The summed E-state index contributed by atoms with van der Waals surface area (Å²) >= 11 is 0. The molecule has 0 aliphatic heterocycles. The van der Waals surface area contributed by atoms with Crippen LogP contribution in [0.1, 0.15) is 32.1 Å². The van der Waals surface area contributed by atoms with Gasteiger partial charge >= 0.3 is 0 Å². The van der Waals surface area contributed by atoms with E-state index in [4.69, 9.17) is 4.74 Å². The van der Waals surface area contributed by atoms with E-state index in [0.29, 0.717) is 25.0 Å². The summed E-state index contributed by atoms with van der Waals surface area (Å²) in [4.78, 5) is 23.7. The van der Waals surface area contributed by atoms with Crippen LogP contribution in [0.2, 0.25) is 0 Å². The lowest BCUT2D eigenvalue weighted by Gasteiger charge is -2.17. The SMILES string of the molecule is CS(=O)(=O)NC(=O)CCC/C=C/C[C@H]1C(=O)C[C@@H](O)[C@@H]1C=C[C@@H](O)COc1ccccc1. The van der Waals surface area contributed by atoms with Crippen molar-refractivity contribution in [1.82, 2.24) is 4.72 Å². The molecule has 8 nitrogen and oxygen atoms in total. The van der Waals surface area contributed by atoms with Gasteiger partial charge in [-0.05, 0) is 31.4 Å². The molecule has 1 aromatic rings. The normalized spacial score (nSPS) is 22.5. The third kappa shape index (κ3) is 9.33. The van der Waals surface area contributed by atoms with Gasteiger partial charge in [-0.3, -0.25) is 14.3 Å². The Labute approximate surface area is 189 Å². The standard InChI is InChI=1S/C23H31NO7S/c1-32(29,30)24-23(28)12-8-3-2-7-11-19-20(22(27)15-21(19)26)14-13-17(25)16-31-18-9-5-4-6-10-18/h2,4-7,9-10,13-14,17,19-20,22,25,27H,3,8,11-12,15-16H2,1H3,(H,24,28)/b7-2+,14-13?/t17-,19-,20-,22-/m1/s1. The Hall–Kier alpha value is -2.49. The van der Waals surface area contributed by atoms with Crippen molar-refractivity contribution in [1.29, 1.82) is 0 Å². The Balaban J connectivity index is 1.78. The van der Waals surface area contributed by atoms with Crippen LogP contribution in [-0.4, -0.2) is 55.4 Å². The number of aliphatic hydroxyl groups is 2. The molecule has 1 aromatic carbocycles. The molecule has 0 bridgehead atoms. The number of sulfonamides is 1. The number of hydrogen-bond donors (Lipinski definition) is 3. The number of amides is 1. The van der Waals surface area contributed by atoms with Gasteiger partial charge in [0.2, 0.25) is 15.9 Å². The summed E-state index contributed by atoms with van der Waals surface area (Å²) in [6.45, 7) is 0.0642. The van der Waals surface area contributed by atoms with Crippen LogP contribution >= 0.6 is 0 Å². The summed E-state index contributed by atoms with van der Waals surface area (Å²) in [6.07, 6.45) is 7.84. The molecule has 9 heteroatoms. The number of carbonyl (C=O) groups excluding carboxylic acids is 2. The quantitative estimate of drug-likeness (QED) is 0.317. The largest absolute Gasteiger partial charge is 0.491 e. The first-order valence-electron chi connectivity index (χ1n) is 10.6. The highest BCUT2D eigenvalue weighted by molar-refractivity contribution is 7.89. The van der Waals surface area contributed by atoms with Gasteiger partial charge in [0.05, 0.1) is 12.4 Å². The third-order valence-electron chi connectivity index (χ3n) is 5.08. The van der Waals surface area contributed by atoms with E-state index in [1.54, 1.807) is 24.3 Å². The zero-order chi connectivity index (χ0) is 23.6. The summed E-state index contributed by atoms with van der Waals surface area (Å²) in [5.41, 5.74) is 0. The van der Waals surface area contributed by atoms with E-state index in [0.717, 1.165) is 6.26 Å². The molecule has 0 radical (unpaired) electrons. The van der Waals surface area contributed by atoms with E-state index in [2.05, 4.69) is 0 Å². The lowest BCUT2D eigenvalue weighted by atomic mass is 9.90. The fraction of sp³-hybridized carbons (Fsp3) is 0.478. The summed E-state index contributed by atoms with van der Waals surface area (Å²) in [5, 5.41) is 20.4. The van der Waals surface area contributed by atoms with Crippen LogP contribution in [0.25, 0.3) is 0 Å². The van der Waals surface area contributed by atoms with E-state index in [1.165, 1.54) is 0 Å². The van der Waals surface area contributed by atoms with Crippen molar-refractivity contribution < 1.29 is 33.0 Å². The highest BCUT2D eigenvalue weighted by Crippen LogP contribution is 2.33. The molecule has 0 heterocycles. The summed E-state index contributed by atoms with van der Waals surface area (Å²) in [6, 6.07) is 9.11. The summed E-state index contributed by atoms with van der Waals surface area (Å²) < 4.78 is 29.4. The van der Waals surface area contributed by atoms with Crippen molar-refractivity contribution in [2.75, 3.05) is 12.9 Å². The number of para-hydroxylation sites is 1. The van der Waals surface area contributed by atoms with Gasteiger partial charge in [0, 0.05) is 24.7 Å². The lowest BCUT2D eigenvalue weighted by molar-refractivity contribution is -0.121. The van der Waals surface area contributed by atoms with Crippen LogP contribution in [0.4, 0.5) is 0 Å². The molecule has 4 atom stereocenters. The Morgan fingerprint density at radius 2 is 2.00 bits per heavy atom.